The predicted molar refractivity (Wildman–Crippen MR) is 74.5 cm³/mol. The molecule has 2 rings (SSSR count). The molecule has 1 aromatic heterocycles. The number of aromatic nitrogens is 2. The maximum Gasteiger partial charge on any atom is 0.311 e. The zero-order valence-corrected chi connectivity index (χ0v) is 12.1. The van der Waals surface area contributed by atoms with E-state index in [1.807, 2.05) is 0 Å². The van der Waals surface area contributed by atoms with Crippen molar-refractivity contribution in [2.45, 2.75) is 6.42 Å². The Bertz CT molecular complexity index is 782. The standard InChI is InChI=1S/C6H3N3O7.C5H6N2O2/c10-6-4(8(13)14)1-3(7(11)12)2-5(6)9(15)16;8-5(9)1-4-2-6-3-7-4/h1-2,10H;2-3H,1H2,(H,6,7)(H,8,9). The molecule has 2 aromatic rings. The molecule has 0 fully saturated rings. The van der Waals surface area contributed by atoms with Crippen LogP contribution in [0.3, 0.4) is 0 Å². The van der Waals surface area contributed by atoms with E-state index in [2.05, 4.69) is 9.97 Å². The lowest BCUT2D eigenvalue weighted by atomic mass is 10.2. The number of carboxylic acid groups (broad SMARTS) is 1. The highest BCUT2D eigenvalue weighted by Crippen LogP contribution is 2.36. The van der Waals surface area contributed by atoms with Crippen molar-refractivity contribution in [2.75, 3.05) is 0 Å². The van der Waals surface area contributed by atoms with Crippen molar-refractivity contribution in [3.8, 4) is 5.75 Å². The van der Waals surface area contributed by atoms with Crippen LogP contribution in [0.5, 0.6) is 5.75 Å². The minimum Gasteiger partial charge on any atom is -0.863 e. The number of hydrogen-bond donors (Lipinski definition) is 2. The summed E-state index contributed by atoms with van der Waals surface area (Å²) in [7, 11) is 0. The fourth-order valence-corrected chi connectivity index (χ4v) is 1.54. The Morgan fingerprint density at radius 3 is 1.92 bits per heavy atom. The number of nitrogens with one attached hydrogen (secondary N) is 2. The highest BCUT2D eigenvalue weighted by molar-refractivity contribution is 5.69. The van der Waals surface area contributed by atoms with E-state index in [1.165, 1.54) is 0 Å². The maximum atomic E-state index is 11.1. The number of carbonyl (C=O) groups is 1. The number of aliphatic carboxylic acids is 1. The molecule has 3 N–H and O–H groups in total. The van der Waals surface area contributed by atoms with E-state index in [1.54, 1.807) is 12.5 Å². The summed E-state index contributed by atoms with van der Waals surface area (Å²) in [4.78, 5) is 43.0. The molecule has 0 saturated heterocycles. The minimum atomic E-state index is -1.46. The molecule has 0 unspecified atom stereocenters. The number of benzene rings is 1. The molecule has 14 heteroatoms. The fourth-order valence-electron chi connectivity index (χ4n) is 1.54. The monoisotopic (exact) mass is 355 g/mol. The summed E-state index contributed by atoms with van der Waals surface area (Å²) in [6.45, 7) is 0. The van der Waals surface area contributed by atoms with Gasteiger partial charge in [0.1, 0.15) is 12.6 Å². The number of non-ortho nitro benzene ring substituents is 1. The molecule has 1 aromatic carbocycles. The molecule has 1 heterocycles. The Balaban J connectivity index is 0.000000293. The molecule has 25 heavy (non-hydrogen) atoms. The topological polar surface area (TPSA) is 220 Å². The zero-order chi connectivity index (χ0) is 19.1. The third-order valence-corrected chi connectivity index (χ3v) is 2.58. The molecule has 14 nitrogen and oxygen atoms in total. The first kappa shape index (κ1) is 18.9. The van der Waals surface area contributed by atoms with Crippen LogP contribution < -0.4 is 10.1 Å². The van der Waals surface area contributed by atoms with Gasteiger partial charge in [-0.25, -0.2) is 4.98 Å². The van der Waals surface area contributed by atoms with Gasteiger partial charge < -0.3 is 10.2 Å². The molecule has 0 saturated carbocycles. The van der Waals surface area contributed by atoms with Gasteiger partial charge in [0.25, 0.3) is 17.1 Å². The lowest BCUT2D eigenvalue weighted by molar-refractivity contribution is -0.420. The number of nitrogens with zero attached hydrogens (tertiary/aromatic N) is 3. The van der Waals surface area contributed by atoms with Gasteiger partial charge in [-0.3, -0.25) is 40.1 Å². The summed E-state index contributed by atoms with van der Waals surface area (Å²) in [5.41, 5.74) is -2.58. The smallest absolute Gasteiger partial charge is 0.311 e. The molecular weight excluding hydrogens is 346 g/mol. The Hall–Kier alpha value is -4.10. The van der Waals surface area contributed by atoms with Crippen molar-refractivity contribution in [1.29, 1.82) is 0 Å². The molecule has 0 amide bonds. The summed E-state index contributed by atoms with van der Waals surface area (Å²) in [6.07, 6.45) is 3.25. The van der Waals surface area contributed by atoms with Crippen LogP contribution in [0, 0.1) is 30.3 Å². The number of rotatable bonds is 5. The van der Waals surface area contributed by atoms with E-state index in [0.717, 1.165) is 0 Å². The Morgan fingerprint density at radius 2 is 1.60 bits per heavy atom. The average molecular weight is 355 g/mol. The number of aromatic amines is 2. The number of nitro groups is 3. The second kappa shape index (κ2) is 7.95. The first-order chi connectivity index (χ1) is 11.6. The molecule has 0 aliphatic heterocycles. The van der Waals surface area contributed by atoms with Gasteiger partial charge in [0.05, 0.1) is 32.7 Å². The van der Waals surface area contributed by atoms with E-state index in [-0.39, 0.29) is 6.42 Å². The molecule has 0 aliphatic carbocycles. The van der Waals surface area contributed by atoms with Crippen LogP contribution >= 0.6 is 0 Å². The Labute approximate surface area is 136 Å². The van der Waals surface area contributed by atoms with Crippen molar-refractivity contribution in [3.63, 3.8) is 0 Å². The lowest BCUT2D eigenvalue weighted by Crippen LogP contribution is -2.04. The van der Waals surface area contributed by atoms with Gasteiger partial charge in [0.15, 0.2) is 5.69 Å². The van der Waals surface area contributed by atoms with Crippen molar-refractivity contribution in [2.24, 2.45) is 0 Å². The zero-order valence-electron chi connectivity index (χ0n) is 12.1. The van der Waals surface area contributed by atoms with Gasteiger partial charge in [-0.2, -0.15) is 0 Å². The van der Waals surface area contributed by atoms with Gasteiger partial charge >= 0.3 is 5.97 Å². The highest BCUT2D eigenvalue weighted by atomic mass is 16.6. The minimum absolute atomic E-state index is 0.0451. The van der Waals surface area contributed by atoms with Crippen LogP contribution in [0.1, 0.15) is 5.69 Å². The number of hydrogen-bond acceptors (Lipinski definition) is 8. The summed E-state index contributed by atoms with van der Waals surface area (Å²) in [5.74, 6) is -2.29. The molecule has 0 bridgehead atoms. The van der Waals surface area contributed by atoms with Crippen molar-refractivity contribution in [3.05, 3.63) is 60.7 Å². The quantitative estimate of drug-likeness (QED) is 0.540. The van der Waals surface area contributed by atoms with Crippen LogP contribution in [0.2, 0.25) is 0 Å². The first-order valence-corrected chi connectivity index (χ1v) is 6.16. The SMILES string of the molecule is O=C(O)Cc1c[nH+]c[nH]1.O=[N+]([O-])c1cc([N+](=O)[O-])c([O-])c([N+](=O)[O-])c1. The molecule has 0 atom stereocenters. The van der Waals surface area contributed by atoms with Crippen LogP contribution in [0.25, 0.3) is 0 Å². The molecule has 0 radical (unpaired) electrons. The normalized spacial score (nSPS) is 9.60. The van der Waals surface area contributed by atoms with Gasteiger partial charge in [0, 0.05) is 0 Å². The van der Waals surface area contributed by atoms with Gasteiger partial charge in [0.2, 0.25) is 6.33 Å². The molecule has 132 valence electrons. The summed E-state index contributed by atoms with van der Waals surface area (Å²) >= 11 is 0. The highest BCUT2D eigenvalue weighted by Gasteiger charge is 2.24. The molecule has 0 spiro atoms. The van der Waals surface area contributed by atoms with Crippen molar-refractivity contribution >= 4 is 23.0 Å². The Morgan fingerprint density at radius 1 is 1.08 bits per heavy atom. The molecular formula is C11H9N5O9. The third-order valence-electron chi connectivity index (χ3n) is 2.58. The van der Waals surface area contributed by atoms with E-state index in [9.17, 15) is 40.2 Å². The summed E-state index contributed by atoms with van der Waals surface area (Å²) in [5, 5.41) is 50.4. The van der Waals surface area contributed by atoms with Crippen molar-refractivity contribution < 1.29 is 34.8 Å². The van der Waals surface area contributed by atoms with E-state index < -0.39 is 43.6 Å². The van der Waals surface area contributed by atoms with Gasteiger partial charge in [-0.15, -0.1) is 0 Å². The van der Waals surface area contributed by atoms with Crippen molar-refractivity contribution in [1.82, 2.24) is 4.98 Å². The second-order valence-corrected chi connectivity index (χ2v) is 4.28. The first-order valence-electron chi connectivity index (χ1n) is 6.16. The maximum absolute atomic E-state index is 11.1. The fraction of sp³-hybridized carbons (Fsp3) is 0.0909. The lowest BCUT2D eigenvalue weighted by Gasteiger charge is -2.06. The van der Waals surface area contributed by atoms with E-state index in [0.29, 0.717) is 17.8 Å². The van der Waals surface area contributed by atoms with Crippen LogP contribution in [0.15, 0.2) is 24.7 Å². The number of imidazole rings is 1. The molecule has 0 aliphatic rings. The average Bonchev–Trinajstić information content (AvgIpc) is 2.99. The third kappa shape index (κ3) is 5.23. The largest absolute Gasteiger partial charge is 0.863 e. The van der Waals surface area contributed by atoms with E-state index >= 15 is 0 Å². The van der Waals surface area contributed by atoms with Crippen LogP contribution in [-0.4, -0.2) is 30.8 Å². The van der Waals surface area contributed by atoms with Crippen LogP contribution in [-0.2, 0) is 11.2 Å². The van der Waals surface area contributed by atoms with E-state index in [4.69, 9.17) is 5.11 Å². The van der Waals surface area contributed by atoms with Gasteiger partial charge in [-0.1, -0.05) is 0 Å². The number of H-pyrrole nitrogens is 2. The number of carboxylic acids is 1. The van der Waals surface area contributed by atoms with Crippen LogP contribution in [0.4, 0.5) is 17.1 Å². The Kier molecular flexibility index (Phi) is 6.03. The number of nitro benzene ring substituents is 3. The summed E-state index contributed by atoms with van der Waals surface area (Å²) < 4.78 is 0. The predicted octanol–water partition coefficient (Wildman–Crippen LogP) is -0.0593. The summed E-state index contributed by atoms with van der Waals surface area (Å²) in [6, 6.07) is 0.769. The van der Waals surface area contributed by atoms with Gasteiger partial charge in [-0.05, 0) is 0 Å². The second-order valence-electron chi connectivity index (χ2n) is 4.28.